The van der Waals surface area contributed by atoms with Gasteiger partial charge in [0.1, 0.15) is 5.58 Å². The maximum absolute atomic E-state index is 12.2. The molecule has 1 aromatic carbocycles. The highest BCUT2D eigenvalue weighted by Gasteiger charge is 2.15. The summed E-state index contributed by atoms with van der Waals surface area (Å²) in [6.45, 7) is 4.87. The van der Waals surface area contributed by atoms with Crippen molar-refractivity contribution in [3.05, 3.63) is 36.1 Å². The van der Waals surface area contributed by atoms with Gasteiger partial charge in [0.25, 0.3) is 5.91 Å². The molecule has 0 aliphatic rings. The fraction of sp³-hybridized carbons (Fsp3) is 0.400. The molecule has 0 radical (unpaired) electrons. The molecule has 0 saturated heterocycles. The average molecular weight is 260 g/mol. The van der Waals surface area contributed by atoms with E-state index in [0.29, 0.717) is 18.0 Å². The molecule has 0 bridgehead atoms. The van der Waals surface area contributed by atoms with Crippen molar-refractivity contribution in [1.82, 2.24) is 10.6 Å². The number of amides is 1. The summed E-state index contributed by atoms with van der Waals surface area (Å²) in [5.74, 6) is 0.405. The fourth-order valence-corrected chi connectivity index (χ4v) is 2.16. The predicted octanol–water partition coefficient (Wildman–Crippen LogP) is 2.41. The number of carbonyl (C=O) groups excluding carboxylic acids is 1. The molecular formula is C15H20N2O2. The highest BCUT2D eigenvalue weighted by Crippen LogP contribution is 2.19. The second-order valence-electron chi connectivity index (χ2n) is 4.99. The molecule has 2 rings (SSSR count). The Labute approximate surface area is 113 Å². The highest BCUT2D eigenvalue weighted by atomic mass is 16.3. The number of fused-ring (bicyclic) bond motifs is 1. The van der Waals surface area contributed by atoms with Crippen LogP contribution in [-0.4, -0.2) is 25.5 Å². The quantitative estimate of drug-likeness (QED) is 0.868. The Morgan fingerprint density at radius 1 is 1.32 bits per heavy atom. The molecule has 4 nitrogen and oxygen atoms in total. The van der Waals surface area contributed by atoms with Gasteiger partial charge in [-0.3, -0.25) is 4.79 Å². The minimum atomic E-state index is -0.0621. The molecule has 0 spiro atoms. The molecular weight excluding hydrogens is 240 g/mol. The number of furan rings is 1. The summed E-state index contributed by atoms with van der Waals surface area (Å²) in [5, 5.41) is 7.03. The van der Waals surface area contributed by atoms with Crippen LogP contribution in [0.25, 0.3) is 11.0 Å². The van der Waals surface area contributed by atoms with Crippen molar-refractivity contribution >= 4 is 16.9 Å². The minimum Gasteiger partial charge on any atom is -0.464 e. The number of rotatable bonds is 5. The van der Waals surface area contributed by atoms with E-state index in [4.69, 9.17) is 4.42 Å². The molecule has 1 amide bonds. The summed E-state index contributed by atoms with van der Waals surface area (Å²) < 4.78 is 5.30. The molecule has 0 aliphatic carbocycles. The molecule has 1 atom stereocenters. The van der Waals surface area contributed by atoms with E-state index in [2.05, 4.69) is 24.5 Å². The Balaban J connectivity index is 2.10. The lowest BCUT2D eigenvalue weighted by atomic mass is 10.0. The Hall–Kier alpha value is -1.81. The van der Waals surface area contributed by atoms with Crippen LogP contribution in [0.1, 0.15) is 24.2 Å². The van der Waals surface area contributed by atoms with Gasteiger partial charge in [-0.05, 0) is 31.2 Å². The van der Waals surface area contributed by atoms with Gasteiger partial charge in [-0.1, -0.05) is 19.9 Å². The summed E-state index contributed by atoms with van der Waals surface area (Å²) in [5.41, 5.74) is 1.39. The predicted molar refractivity (Wildman–Crippen MR) is 76.2 cm³/mol. The zero-order valence-electron chi connectivity index (χ0n) is 11.6. The third kappa shape index (κ3) is 2.96. The first kappa shape index (κ1) is 13.6. The Morgan fingerprint density at radius 3 is 2.79 bits per heavy atom. The van der Waals surface area contributed by atoms with E-state index in [1.165, 1.54) is 0 Å². The smallest absolute Gasteiger partial charge is 0.252 e. The van der Waals surface area contributed by atoms with Gasteiger partial charge in [-0.2, -0.15) is 0 Å². The van der Waals surface area contributed by atoms with Crippen LogP contribution in [-0.2, 0) is 0 Å². The monoisotopic (exact) mass is 260 g/mol. The van der Waals surface area contributed by atoms with Gasteiger partial charge in [0.15, 0.2) is 0 Å². The molecule has 1 aromatic heterocycles. The zero-order valence-corrected chi connectivity index (χ0v) is 11.6. The van der Waals surface area contributed by atoms with Crippen molar-refractivity contribution in [2.24, 2.45) is 5.92 Å². The Morgan fingerprint density at radius 2 is 2.11 bits per heavy atom. The Bertz CT molecular complexity index is 560. The van der Waals surface area contributed by atoms with Crippen molar-refractivity contribution in [2.75, 3.05) is 13.6 Å². The number of benzene rings is 1. The van der Waals surface area contributed by atoms with Crippen molar-refractivity contribution in [3.8, 4) is 0 Å². The number of likely N-dealkylation sites (N-methyl/N-ethyl adjacent to an activating group) is 1. The first-order valence-corrected chi connectivity index (χ1v) is 6.55. The van der Waals surface area contributed by atoms with Gasteiger partial charge in [-0.25, -0.2) is 0 Å². The lowest BCUT2D eigenvalue weighted by molar-refractivity contribution is 0.0949. The Kier molecular flexibility index (Phi) is 4.22. The van der Waals surface area contributed by atoms with Crippen LogP contribution in [0.4, 0.5) is 0 Å². The molecule has 19 heavy (non-hydrogen) atoms. The summed E-state index contributed by atoms with van der Waals surface area (Å²) in [6, 6.07) is 7.60. The number of carbonyl (C=O) groups is 1. The van der Waals surface area contributed by atoms with Crippen LogP contribution in [0.3, 0.4) is 0 Å². The van der Waals surface area contributed by atoms with Gasteiger partial charge in [-0.15, -0.1) is 0 Å². The van der Waals surface area contributed by atoms with E-state index in [1.807, 2.05) is 31.3 Å². The first-order valence-electron chi connectivity index (χ1n) is 6.55. The summed E-state index contributed by atoms with van der Waals surface area (Å²) in [7, 11) is 1.91. The molecule has 1 unspecified atom stereocenters. The van der Waals surface area contributed by atoms with Crippen LogP contribution >= 0.6 is 0 Å². The molecule has 4 heteroatoms. The molecule has 0 saturated carbocycles. The van der Waals surface area contributed by atoms with Crippen molar-refractivity contribution < 1.29 is 9.21 Å². The lowest BCUT2D eigenvalue weighted by Gasteiger charge is -2.20. The largest absolute Gasteiger partial charge is 0.464 e. The maximum atomic E-state index is 12.2. The normalized spacial score (nSPS) is 12.8. The fourth-order valence-electron chi connectivity index (χ4n) is 2.16. The standard InChI is InChI=1S/C15H20N2O2/c1-10(2)13(16-3)9-17-15(18)12-5-4-6-14-11(12)7-8-19-14/h4-8,10,13,16H,9H2,1-3H3,(H,17,18). The molecule has 1 heterocycles. The van der Waals surface area contributed by atoms with E-state index in [-0.39, 0.29) is 11.9 Å². The molecule has 102 valence electrons. The van der Waals surface area contributed by atoms with E-state index < -0.39 is 0 Å². The first-order chi connectivity index (χ1) is 9.13. The van der Waals surface area contributed by atoms with Crippen molar-refractivity contribution in [3.63, 3.8) is 0 Å². The van der Waals surface area contributed by atoms with Crippen LogP contribution in [0.5, 0.6) is 0 Å². The molecule has 0 fully saturated rings. The van der Waals surface area contributed by atoms with Crippen LogP contribution in [0.2, 0.25) is 0 Å². The van der Waals surface area contributed by atoms with Crippen LogP contribution < -0.4 is 10.6 Å². The second kappa shape index (κ2) is 5.89. The maximum Gasteiger partial charge on any atom is 0.252 e. The lowest BCUT2D eigenvalue weighted by Crippen LogP contribution is -2.42. The van der Waals surface area contributed by atoms with Crippen LogP contribution in [0, 0.1) is 5.92 Å². The van der Waals surface area contributed by atoms with E-state index in [9.17, 15) is 4.79 Å². The zero-order chi connectivity index (χ0) is 13.8. The number of hydrogen-bond donors (Lipinski definition) is 2. The van der Waals surface area contributed by atoms with E-state index in [0.717, 1.165) is 11.0 Å². The van der Waals surface area contributed by atoms with Crippen molar-refractivity contribution in [2.45, 2.75) is 19.9 Å². The summed E-state index contributed by atoms with van der Waals surface area (Å²) >= 11 is 0. The number of nitrogens with one attached hydrogen (secondary N) is 2. The summed E-state index contributed by atoms with van der Waals surface area (Å²) in [6.07, 6.45) is 1.60. The van der Waals surface area contributed by atoms with Crippen LogP contribution in [0.15, 0.2) is 34.9 Å². The average Bonchev–Trinajstić information content (AvgIpc) is 2.86. The topological polar surface area (TPSA) is 54.3 Å². The van der Waals surface area contributed by atoms with Crippen molar-refractivity contribution in [1.29, 1.82) is 0 Å². The third-order valence-corrected chi connectivity index (χ3v) is 3.40. The highest BCUT2D eigenvalue weighted by molar-refractivity contribution is 6.05. The second-order valence-corrected chi connectivity index (χ2v) is 4.99. The molecule has 0 aliphatic heterocycles. The molecule has 2 aromatic rings. The van der Waals surface area contributed by atoms with Gasteiger partial charge >= 0.3 is 0 Å². The van der Waals surface area contributed by atoms with Gasteiger partial charge in [0.05, 0.1) is 11.8 Å². The SMILES string of the molecule is CNC(CNC(=O)c1cccc2occc12)C(C)C. The third-order valence-electron chi connectivity index (χ3n) is 3.40. The van der Waals surface area contributed by atoms with E-state index >= 15 is 0 Å². The number of hydrogen-bond acceptors (Lipinski definition) is 3. The molecule has 2 N–H and O–H groups in total. The summed E-state index contributed by atoms with van der Waals surface area (Å²) in [4.78, 5) is 12.2. The van der Waals surface area contributed by atoms with E-state index in [1.54, 1.807) is 6.26 Å². The van der Waals surface area contributed by atoms with Gasteiger partial charge in [0, 0.05) is 18.0 Å². The minimum absolute atomic E-state index is 0.0621. The van der Waals surface area contributed by atoms with Gasteiger partial charge < -0.3 is 15.1 Å². The van der Waals surface area contributed by atoms with Gasteiger partial charge in [0.2, 0.25) is 0 Å².